The molecule has 100 valence electrons. The lowest BCUT2D eigenvalue weighted by atomic mass is 9.98. The molecule has 0 radical (unpaired) electrons. The van der Waals surface area contributed by atoms with Crippen LogP contribution in [0.5, 0.6) is 0 Å². The zero-order valence-electron chi connectivity index (χ0n) is 10.0. The third-order valence-electron chi connectivity index (χ3n) is 3.27. The number of likely N-dealkylation sites (tertiary alicyclic amines) is 1. The van der Waals surface area contributed by atoms with E-state index in [1.165, 1.54) is 16.7 Å². The van der Waals surface area contributed by atoms with Gasteiger partial charge < -0.3 is 14.9 Å². The van der Waals surface area contributed by atoms with Crippen LogP contribution in [-0.2, 0) is 14.4 Å². The molecule has 7 heteroatoms. The Morgan fingerprint density at radius 2 is 2.22 bits per heavy atom. The summed E-state index contributed by atoms with van der Waals surface area (Å²) in [5.41, 5.74) is 0. The first-order chi connectivity index (χ1) is 8.58. The predicted molar refractivity (Wildman–Crippen MR) is 66.0 cm³/mol. The van der Waals surface area contributed by atoms with Crippen LogP contribution in [-0.4, -0.2) is 64.0 Å². The Bertz CT molecular complexity index is 374. The van der Waals surface area contributed by atoms with Crippen molar-refractivity contribution in [2.24, 2.45) is 5.92 Å². The molecule has 0 saturated carbocycles. The molecule has 2 rings (SSSR count). The number of hydrogen-bond donors (Lipinski definition) is 1. The summed E-state index contributed by atoms with van der Waals surface area (Å²) < 4.78 is 0. The van der Waals surface area contributed by atoms with Crippen LogP contribution < -0.4 is 0 Å². The third kappa shape index (κ3) is 2.95. The van der Waals surface area contributed by atoms with Crippen LogP contribution in [0.3, 0.4) is 0 Å². The van der Waals surface area contributed by atoms with Crippen molar-refractivity contribution in [1.82, 2.24) is 9.80 Å². The molecule has 0 aromatic carbocycles. The van der Waals surface area contributed by atoms with Crippen molar-refractivity contribution in [1.29, 1.82) is 0 Å². The molecule has 2 fully saturated rings. The van der Waals surface area contributed by atoms with E-state index in [2.05, 4.69) is 0 Å². The van der Waals surface area contributed by atoms with Gasteiger partial charge in [-0.05, 0) is 12.8 Å². The standard InChI is InChI=1S/C11H16N2O4S/c14-9(5-13-7-18-6-10(13)15)12-3-1-2-8(4-12)11(16)17/h8H,1-7H2,(H,16,17). The van der Waals surface area contributed by atoms with Crippen molar-refractivity contribution in [2.75, 3.05) is 31.3 Å². The number of carboxylic acids is 1. The molecule has 2 aliphatic rings. The molecule has 0 bridgehead atoms. The van der Waals surface area contributed by atoms with E-state index in [1.54, 1.807) is 4.90 Å². The van der Waals surface area contributed by atoms with Crippen molar-refractivity contribution < 1.29 is 19.5 Å². The summed E-state index contributed by atoms with van der Waals surface area (Å²) in [6.07, 6.45) is 1.34. The zero-order valence-corrected chi connectivity index (χ0v) is 10.8. The van der Waals surface area contributed by atoms with E-state index >= 15 is 0 Å². The van der Waals surface area contributed by atoms with Crippen molar-refractivity contribution in [3.63, 3.8) is 0 Å². The van der Waals surface area contributed by atoms with Gasteiger partial charge in [0.2, 0.25) is 11.8 Å². The summed E-state index contributed by atoms with van der Waals surface area (Å²) in [5, 5.41) is 8.96. The molecule has 0 aliphatic carbocycles. The van der Waals surface area contributed by atoms with Gasteiger partial charge in [0.05, 0.1) is 17.5 Å². The number of carbonyl (C=O) groups excluding carboxylic acids is 2. The average molecular weight is 272 g/mol. The fraction of sp³-hybridized carbons (Fsp3) is 0.727. The Hall–Kier alpha value is -1.24. The molecule has 1 atom stereocenters. The first-order valence-corrected chi connectivity index (χ1v) is 7.09. The summed E-state index contributed by atoms with van der Waals surface area (Å²) in [4.78, 5) is 37.4. The number of rotatable bonds is 3. The normalized spacial score (nSPS) is 24.4. The van der Waals surface area contributed by atoms with Crippen LogP contribution in [0.2, 0.25) is 0 Å². The van der Waals surface area contributed by atoms with E-state index in [9.17, 15) is 14.4 Å². The maximum atomic E-state index is 12.0. The van der Waals surface area contributed by atoms with E-state index in [4.69, 9.17) is 5.11 Å². The van der Waals surface area contributed by atoms with Crippen LogP contribution in [0.25, 0.3) is 0 Å². The van der Waals surface area contributed by atoms with E-state index < -0.39 is 11.9 Å². The van der Waals surface area contributed by atoms with Gasteiger partial charge in [0.1, 0.15) is 6.54 Å². The molecule has 2 saturated heterocycles. The molecule has 0 spiro atoms. The lowest BCUT2D eigenvalue weighted by Gasteiger charge is -2.31. The Morgan fingerprint density at radius 1 is 1.44 bits per heavy atom. The first-order valence-electron chi connectivity index (χ1n) is 5.94. The quantitative estimate of drug-likeness (QED) is 0.772. The van der Waals surface area contributed by atoms with Crippen LogP contribution in [0.4, 0.5) is 0 Å². The van der Waals surface area contributed by atoms with E-state index in [1.807, 2.05) is 0 Å². The molecular formula is C11H16N2O4S. The first kappa shape index (κ1) is 13.2. The highest BCUT2D eigenvalue weighted by Gasteiger charge is 2.30. The molecular weight excluding hydrogens is 256 g/mol. The second-order valence-corrected chi connectivity index (χ2v) is 5.54. The molecule has 2 amide bonds. The minimum atomic E-state index is -0.847. The molecule has 1 unspecified atom stereocenters. The molecule has 18 heavy (non-hydrogen) atoms. The van der Waals surface area contributed by atoms with Crippen molar-refractivity contribution >= 4 is 29.5 Å². The molecule has 1 N–H and O–H groups in total. The van der Waals surface area contributed by atoms with Gasteiger partial charge in [0, 0.05) is 13.1 Å². The summed E-state index contributed by atoms with van der Waals surface area (Å²) >= 11 is 1.50. The number of carbonyl (C=O) groups is 3. The van der Waals surface area contributed by atoms with Gasteiger partial charge in [0.15, 0.2) is 0 Å². The van der Waals surface area contributed by atoms with Crippen molar-refractivity contribution in [2.45, 2.75) is 12.8 Å². The van der Waals surface area contributed by atoms with Crippen molar-refractivity contribution in [3.05, 3.63) is 0 Å². The minimum absolute atomic E-state index is 0.0138. The minimum Gasteiger partial charge on any atom is -0.481 e. The summed E-state index contributed by atoms with van der Waals surface area (Å²) in [6, 6.07) is 0. The van der Waals surface area contributed by atoms with Gasteiger partial charge in [-0.25, -0.2) is 0 Å². The summed E-state index contributed by atoms with van der Waals surface area (Å²) in [6.45, 7) is 0.944. The summed E-state index contributed by atoms with van der Waals surface area (Å²) in [7, 11) is 0. The van der Waals surface area contributed by atoms with Gasteiger partial charge in [-0.2, -0.15) is 0 Å². The van der Waals surface area contributed by atoms with E-state index in [-0.39, 0.29) is 24.9 Å². The molecule has 0 aromatic heterocycles. The lowest BCUT2D eigenvalue weighted by molar-refractivity contribution is -0.147. The topological polar surface area (TPSA) is 77.9 Å². The monoisotopic (exact) mass is 272 g/mol. The van der Waals surface area contributed by atoms with Crippen molar-refractivity contribution in [3.8, 4) is 0 Å². The Balaban J connectivity index is 1.88. The predicted octanol–water partition coefficient (Wildman–Crippen LogP) is -0.157. The summed E-state index contributed by atoms with van der Waals surface area (Å²) in [5.74, 6) is -0.477. The van der Waals surface area contributed by atoms with Crippen LogP contribution in [0.15, 0.2) is 0 Å². The van der Waals surface area contributed by atoms with Crippen LogP contribution >= 0.6 is 11.8 Å². The molecule has 2 heterocycles. The van der Waals surface area contributed by atoms with Gasteiger partial charge in [0.25, 0.3) is 0 Å². The Morgan fingerprint density at radius 3 is 2.83 bits per heavy atom. The zero-order chi connectivity index (χ0) is 13.1. The fourth-order valence-electron chi connectivity index (χ4n) is 2.21. The van der Waals surface area contributed by atoms with E-state index in [0.29, 0.717) is 31.0 Å². The highest BCUT2D eigenvalue weighted by molar-refractivity contribution is 8.00. The number of hydrogen-bond acceptors (Lipinski definition) is 4. The Labute approximate surface area is 109 Å². The number of aliphatic carboxylic acids is 1. The number of nitrogens with zero attached hydrogens (tertiary/aromatic N) is 2. The molecule has 0 aromatic rings. The van der Waals surface area contributed by atoms with Crippen LogP contribution in [0, 0.1) is 5.92 Å². The number of carboxylic acid groups (broad SMARTS) is 1. The largest absolute Gasteiger partial charge is 0.481 e. The van der Waals surface area contributed by atoms with Gasteiger partial charge in [-0.1, -0.05) is 0 Å². The van der Waals surface area contributed by atoms with Crippen LogP contribution in [0.1, 0.15) is 12.8 Å². The highest BCUT2D eigenvalue weighted by atomic mass is 32.2. The average Bonchev–Trinajstić information content (AvgIpc) is 2.75. The molecule has 6 nitrogen and oxygen atoms in total. The number of piperidine rings is 1. The second-order valence-electron chi connectivity index (χ2n) is 4.59. The van der Waals surface area contributed by atoms with Gasteiger partial charge in [-0.15, -0.1) is 11.8 Å². The smallest absolute Gasteiger partial charge is 0.308 e. The Kier molecular flexibility index (Phi) is 4.11. The fourth-order valence-corrected chi connectivity index (χ4v) is 3.11. The lowest BCUT2D eigenvalue weighted by Crippen LogP contribution is -2.46. The number of amides is 2. The number of thioether (sulfide) groups is 1. The van der Waals surface area contributed by atoms with Gasteiger partial charge >= 0.3 is 5.97 Å². The van der Waals surface area contributed by atoms with Gasteiger partial charge in [-0.3, -0.25) is 14.4 Å². The van der Waals surface area contributed by atoms with E-state index in [0.717, 1.165) is 0 Å². The third-order valence-corrected chi connectivity index (χ3v) is 4.22. The maximum Gasteiger partial charge on any atom is 0.308 e. The SMILES string of the molecule is O=C(O)C1CCCN(C(=O)CN2CSCC2=O)C1. The highest BCUT2D eigenvalue weighted by Crippen LogP contribution is 2.18. The molecule has 2 aliphatic heterocycles. The maximum absolute atomic E-state index is 12.0. The second kappa shape index (κ2) is 5.60.